The molecule has 0 bridgehead atoms. The molecule has 1 aromatic heterocycles. The van der Waals surface area contributed by atoms with Crippen LogP contribution in [0.1, 0.15) is 24.3 Å². The lowest BCUT2D eigenvalue weighted by molar-refractivity contribution is 0.152. The van der Waals surface area contributed by atoms with Crippen molar-refractivity contribution in [1.82, 2.24) is 15.5 Å². The largest absolute Gasteiger partial charge is 0.380 e. The summed E-state index contributed by atoms with van der Waals surface area (Å²) in [5, 5.41) is 8.78. The molecule has 0 saturated carbocycles. The molecule has 1 aromatic rings. The number of thiophene rings is 1. The minimum Gasteiger partial charge on any atom is -0.380 e. The van der Waals surface area contributed by atoms with Gasteiger partial charge in [-0.3, -0.25) is 9.89 Å². The first-order valence-corrected chi connectivity index (χ1v) is 9.09. The molecule has 0 amide bonds. The number of hydrogen-bond acceptors (Lipinski definition) is 4. The van der Waals surface area contributed by atoms with Gasteiger partial charge in [0.1, 0.15) is 0 Å². The van der Waals surface area contributed by atoms with Gasteiger partial charge in [0.2, 0.25) is 0 Å². The molecule has 0 radical (unpaired) electrons. The first-order valence-electron chi connectivity index (χ1n) is 8.21. The molecule has 0 aromatic carbocycles. The van der Waals surface area contributed by atoms with Gasteiger partial charge in [0, 0.05) is 44.2 Å². The van der Waals surface area contributed by atoms with Crippen LogP contribution in [-0.2, 0) is 17.7 Å². The maximum Gasteiger partial charge on any atom is 0.191 e. The molecule has 124 valence electrons. The highest BCUT2D eigenvalue weighted by Gasteiger charge is 2.16. The monoisotopic (exact) mass is 324 g/mol. The summed E-state index contributed by atoms with van der Waals surface area (Å²) >= 11 is 1.89. The van der Waals surface area contributed by atoms with E-state index >= 15 is 0 Å². The summed E-state index contributed by atoms with van der Waals surface area (Å²) in [4.78, 5) is 8.70. The minimum atomic E-state index is 0.716. The smallest absolute Gasteiger partial charge is 0.191 e. The third kappa shape index (κ3) is 5.59. The van der Waals surface area contributed by atoms with Gasteiger partial charge in [-0.2, -0.15) is 0 Å². The van der Waals surface area contributed by atoms with Crippen LogP contribution >= 0.6 is 11.3 Å². The van der Waals surface area contributed by atoms with Crippen molar-refractivity contribution in [3.05, 3.63) is 21.9 Å². The summed E-state index contributed by atoms with van der Waals surface area (Å²) in [5.41, 5.74) is 1.50. The first-order chi connectivity index (χ1) is 10.8. The lowest BCUT2D eigenvalue weighted by Gasteiger charge is -2.26. The molecule has 2 N–H and O–H groups in total. The second kappa shape index (κ2) is 9.82. The first kappa shape index (κ1) is 17.2. The van der Waals surface area contributed by atoms with Crippen LogP contribution in [0.4, 0.5) is 0 Å². The van der Waals surface area contributed by atoms with Gasteiger partial charge in [-0.05, 0) is 37.3 Å². The topological polar surface area (TPSA) is 48.9 Å². The van der Waals surface area contributed by atoms with Crippen LogP contribution in [-0.4, -0.2) is 56.8 Å². The highest BCUT2D eigenvalue weighted by Crippen LogP contribution is 2.23. The number of ether oxygens (including phenoxy) is 1. The standard InChI is InChI=1S/C16H28N4OS/c1-3-17-16(19-8-11-21-4-2)18-7-10-20-9-5-15-14(13-20)6-12-22-15/h6,12H,3-5,7-11,13H2,1-2H3,(H2,17,18,19). The van der Waals surface area contributed by atoms with Gasteiger partial charge in [-0.1, -0.05) is 0 Å². The molecule has 0 unspecified atom stereocenters. The van der Waals surface area contributed by atoms with Crippen molar-refractivity contribution in [2.45, 2.75) is 26.8 Å². The van der Waals surface area contributed by atoms with Crippen molar-refractivity contribution >= 4 is 17.3 Å². The molecule has 0 atom stereocenters. The van der Waals surface area contributed by atoms with Crippen LogP contribution in [0.15, 0.2) is 16.4 Å². The fraction of sp³-hybridized carbons (Fsp3) is 0.688. The van der Waals surface area contributed by atoms with E-state index in [1.54, 1.807) is 4.88 Å². The SMILES string of the molecule is CCNC(=NCCN1CCc2sccc2C1)NCCOCC. The highest BCUT2D eigenvalue weighted by atomic mass is 32.1. The van der Waals surface area contributed by atoms with Crippen LogP contribution in [0.5, 0.6) is 0 Å². The van der Waals surface area contributed by atoms with E-state index < -0.39 is 0 Å². The van der Waals surface area contributed by atoms with Gasteiger partial charge in [0.15, 0.2) is 5.96 Å². The van der Waals surface area contributed by atoms with E-state index in [0.717, 1.165) is 51.8 Å². The summed E-state index contributed by atoms with van der Waals surface area (Å²) in [7, 11) is 0. The van der Waals surface area contributed by atoms with Crippen molar-refractivity contribution in [3.63, 3.8) is 0 Å². The molecule has 5 nitrogen and oxygen atoms in total. The minimum absolute atomic E-state index is 0.716. The summed E-state index contributed by atoms with van der Waals surface area (Å²) in [5.74, 6) is 0.885. The van der Waals surface area contributed by atoms with Crippen LogP contribution < -0.4 is 10.6 Å². The third-order valence-corrected chi connectivity index (χ3v) is 4.68. The van der Waals surface area contributed by atoms with E-state index in [2.05, 4.69) is 38.9 Å². The number of nitrogens with zero attached hydrogens (tertiary/aromatic N) is 2. The summed E-state index contributed by atoms with van der Waals surface area (Å²) in [6, 6.07) is 2.26. The Morgan fingerprint density at radius 2 is 2.32 bits per heavy atom. The van der Waals surface area contributed by atoms with E-state index in [-0.39, 0.29) is 0 Å². The highest BCUT2D eigenvalue weighted by molar-refractivity contribution is 7.10. The Morgan fingerprint density at radius 1 is 1.41 bits per heavy atom. The summed E-state index contributed by atoms with van der Waals surface area (Å²) in [6.45, 7) is 11.3. The van der Waals surface area contributed by atoms with Gasteiger partial charge >= 0.3 is 0 Å². The van der Waals surface area contributed by atoms with Crippen molar-refractivity contribution in [2.75, 3.05) is 45.9 Å². The van der Waals surface area contributed by atoms with Crippen molar-refractivity contribution in [1.29, 1.82) is 0 Å². The Hall–Kier alpha value is -1.11. The second-order valence-corrected chi connectivity index (χ2v) is 6.28. The van der Waals surface area contributed by atoms with E-state index in [0.29, 0.717) is 6.61 Å². The van der Waals surface area contributed by atoms with Gasteiger partial charge in [0.25, 0.3) is 0 Å². The molecule has 0 aliphatic carbocycles. The predicted octanol–water partition coefficient (Wildman–Crippen LogP) is 1.70. The number of rotatable bonds is 8. The zero-order chi connectivity index (χ0) is 15.6. The molecule has 22 heavy (non-hydrogen) atoms. The average Bonchev–Trinajstić information content (AvgIpc) is 2.99. The lowest BCUT2D eigenvalue weighted by Crippen LogP contribution is -2.40. The molecule has 1 aliphatic heterocycles. The van der Waals surface area contributed by atoms with Crippen LogP contribution in [0.3, 0.4) is 0 Å². The van der Waals surface area contributed by atoms with Crippen LogP contribution in [0.2, 0.25) is 0 Å². The third-order valence-electron chi connectivity index (χ3n) is 3.66. The van der Waals surface area contributed by atoms with E-state index in [9.17, 15) is 0 Å². The van der Waals surface area contributed by atoms with E-state index in [4.69, 9.17) is 4.74 Å². The fourth-order valence-corrected chi connectivity index (χ4v) is 3.42. The van der Waals surface area contributed by atoms with Crippen LogP contribution in [0, 0.1) is 0 Å². The summed E-state index contributed by atoms with van der Waals surface area (Å²) < 4.78 is 5.33. The Bertz CT molecular complexity index is 461. The molecule has 0 spiro atoms. The molecule has 2 heterocycles. The molecule has 2 rings (SSSR count). The number of guanidine groups is 1. The Labute approximate surface area is 137 Å². The van der Waals surface area contributed by atoms with Crippen molar-refractivity contribution in [3.8, 4) is 0 Å². The zero-order valence-electron chi connectivity index (χ0n) is 13.7. The molecule has 6 heteroatoms. The molecular weight excluding hydrogens is 296 g/mol. The molecule has 0 saturated heterocycles. The maximum atomic E-state index is 5.33. The quantitative estimate of drug-likeness (QED) is 0.434. The molecule has 1 aliphatic rings. The molecule has 0 fully saturated rings. The van der Waals surface area contributed by atoms with Gasteiger partial charge < -0.3 is 15.4 Å². The Kier molecular flexibility index (Phi) is 7.70. The van der Waals surface area contributed by atoms with E-state index in [1.807, 2.05) is 18.3 Å². The van der Waals surface area contributed by atoms with Crippen LogP contribution in [0.25, 0.3) is 0 Å². The average molecular weight is 324 g/mol. The number of nitrogens with one attached hydrogen (secondary N) is 2. The van der Waals surface area contributed by atoms with Gasteiger partial charge in [-0.15, -0.1) is 11.3 Å². The van der Waals surface area contributed by atoms with Crippen molar-refractivity contribution in [2.24, 2.45) is 4.99 Å². The van der Waals surface area contributed by atoms with E-state index in [1.165, 1.54) is 12.0 Å². The van der Waals surface area contributed by atoms with Crippen molar-refractivity contribution < 1.29 is 4.74 Å². The lowest BCUT2D eigenvalue weighted by atomic mass is 10.1. The number of fused-ring (bicyclic) bond motifs is 1. The normalized spacial score (nSPS) is 15.6. The number of aliphatic imine (C=N–C) groups is 1. The second-order valence-electron chi connectivity index (χ2n) is 5.28. The Balaban J connectivity index is 1.71. The zero-order valence-corrected chi connectivity index (χ0v) is 14.5. The maximum absolute atomic E-state index is 5.33. The van der Waals surface area contributed by atoms with Gasteiger partial charge in [0.05, 0.1) is 13.2 Å². The predicted molar refractivity (Wildman–Crippen MR) is 93.8 cm³/mol. The molecular formula is C16H28N4OS. The van der Waals surface area contributed by atoms with Gasteiger partial charge in [-0.25, -0.2) is 0 Å². The summed E-state index contributed by atoms with van der Waals surface area (Å²) in [6.07, 6.45) is 1.18. The fourth-order valence-electron chi connectivity index (χ4n) is 2.53. The number of hydrogen-bond donors (Lipinski definition) is 2. The Morgan fingerprint density at radius 3 is 3.14 bits per heavy atom.